The number of carbonyl (C=O) groups is 11. The van der Waals surface area contributed by atoms with E-state index >= 15 is 0 Å². The highest BCUT2D eigenvalue weighted by Gasteiger charge is 2.36. The van der Waals surface area contributed by atoms with Crippen LogP contribution in [0.2, 0.25) is 0 Å². The number of carbonyl (C=O) groups excluding carboxylic acids is 7. The summed E-state index contributed by atoms with van der Waals surface area (Å²) in [6, 6.07) is -11.0. The maximum absolute atomic E-state index is 13.8. The van der Waals surface area contributed by atoms with E-state index in [1.165, 1.54) is 25.6 Å². The number of hydrogen-bond acceptors (Lipinski definition) is 14. The zero-order valence-corrected chi connectivity index (χ0v) is 35.7. The van der Waals surface area contributed by atoms with E-state index in [-0.39, 0.29) is 18.8 Å². The zero-order valence-electron chi connectivity index (χ0n) is 34.8. The summed E-state index contributed by atoms with van der Waals surface area (Å²) in [5, 5.41) is 63.4. The number of hydrogen-bond donors (Lipinski definition) is 13. The highest BCUT2D eigenvalue weighted by atomic mass is 32.2. The monoisotopic (exact) mass is 892 g/mol. The Balaban J connectivity index is 6.48. The summed E-state index contributed by atoms with van der Waals surface area (Å²) >= 11 is 1.30. The molecule has 61 heavy (non-hydrogen) atoms. The first kappa shape index (κ1) is 55.4. The van der Waals surface area contributed by atoms with Crippen molar-refractivity contribution in [2.24, 2.45) is 17.6 Å². The molecule has 0 saturated carbocycles. The Hall–Kier alpha value is -5.56. The molecule has 0 rings (SSSR count). The van der Waals surface area contributed by atoms with Crippen LogP contribution in [0, 0.1) is 11.8 Å². The molecular formula is C36H60N8O16S. The number of aliphatic hydroxyl groups is 1. The third kappa shape index (κ3) is 22.0. The van der Waals surface area contributed by atoms with Crippen molar-refractivity contribution in [1.29, 1.82) is 0 Å². The van der Waals surface area contributed by atoms with Gasteiger partial charge in [-0.1, -0.05) is 27.7 Å². The van der Waals surface area contributed by atoms with E-state index in [9.17, 15) is 73.2 Å². The molecule has 8 atom stereocenters. The minimum absolute atomic E-state index is 0.00344. The number of amides is 7. The second-order valence-corrected chi connectivity index (χ2v) is 15.7. The van der Waals surface area contributed by atoms with E-state index in [1.807, 2.05) is 0 Å². The van der Waals surface area contributed by atoms with Crippen LogP contribution in [0.15, 0.2) is 0 Å². The van der Waals surface area contributed by atoms with Crippen LogP contribution in [0.5, 0.6) is 0 Å². The smallest absolute Gasteiger partial charge is 0.326 e. The molecule has 0 aliphatic rings. The highest BCUT2D eigenvalue weighted by Crippen LogP contribution is 2.12. The van der Waals surface area contributed by atoms with E-state index in [2.05, 4.69) is 37.2 Å². The third-order valence-corrected chi connectivity index (χ3v) is 9.29. The first-order valence-corrected chi connectivity index (χ1v) is 20.6. The van der Waals surface area contributed by atoms with Gasteiger partial charge in [0, 0.05) is 12.8 Å². The SMILES string of the molecule is CSCC[C@H](NC(=O)[C@H](CC(C)C)NC(=O)[C@@H](NC(=O)[C@H](CCC(=O)O)NC(=O)[C@H](CCC(=O)O)NC(=O)[C@@H](NC(=O)CN)[C@@H](C)O)C(C)C)C(=O)N[C@@H](CC(=O)O)C(=O)O. The predicted octanol–water partition coefficient (Wildman–Crippen LogP) is -3.54. The number of carboxylic acids is 4. The van der Waals surface area contributed by atoms with Crippen LogP contribution >= 0.6 is 11.8 Å². The number of thioether (sulfide) groups is 1. The minimum Gasteiger partial charge on any atom is -0.481 e. The van der Waals surface area contributed by atoms with Crippen molar-refractivity contribution in [2.45, 2.75) is 128 Å². The molecule has 0 aliphatic carbocycles. The lowest BCUT2D eigenvalue weighted by Crippen LogP contribution is -2.61. The Labute approximate surface area is 356 Å². The number of rotatable bonds is 30. The minimum atomic E-state index is -1.81. The van der Waals surface area contributed by atoms with Crippen LogP contribution in [-0.2, 0) is 52.7 Å². The van der Waals surface area contributed by atoms with Gasteiger partial charge in [-0.2, -0.15) is 11.8 Å². The number of aliphatic carboxylic acids is 4. The normalized spacial score (nSPS) is 15.0. The van der Waals surface area contributed by atoms with Gasteiger partial charge in [-0.15, -0.1) is 0 Å². The van der Waals surface area contributed by atoms with Gasteiger partial charge < -0.3 is 68.5 Å². The maximum atomic E-state index is 13.8. The Morgan fingerprint density at radius 1 is 0.525 bits per heavy atom. The Kier molecular flexibility index (Phi) is 25.5. The van der Waals surface area contributed by atoms with Crippen molar-refractivity contribution >= 4 is 77.0 Å². The van der Waals surface area contributed by atoms with Crippen LogP contribution in [0.4, 0.5) is 0 Å². The molecule has 0 fully saturated rings. The van der Waals surface area contributed by atoms with Crippen LogP contribution in [-0.4, -0.2) is 158 Å². The molecule has 0 unspecified atom stereocenters. The fourth-order valence-corrected chi connectivity index (χ4v) is 5.89. The molecule has 0 spiro atoms. The van der Waals surface area contributed by atoms with E-state index in [0.29, 0.717) is 5.75 Å². The fraction of sp³-hybridized carbons (Fsp3) is 0.694. The number of aliphatic hydroxyl groups excluding tert-OH is 1. The van der Waals surface area contributed by atoms with Crippen molar-refractivity contribution in [3.8, 4) is 0 Å². The van der Waals surface area contributed by atoms with Gasteiger partial charge in [0.05, 0.1) is 19.1 Å². The first-order valence-electron chi connectivity index (χ1n) is 19.2. The van der Waals surface area contributed by atoms with Crippen molar-refractivity contribution in [2.75, 3.05) is 18.6 Å². The van der Waals surface area contributed by atoms with Crippen molar-refractivity contribution in [3.63, 3.8) is 0 Å². The summed E-state index contributed by atoms with van der Waals surface area (Å²) in [5.74, 6) is -13.5. The van der Waals surface area contributed by atoms with Crippen LogP contribution in [0.1, 0.15) is 79.6 Å². The lowest BCUT2D eigenvalue weighted by atomic mass is 9.99. The van der Waals surface area contributed by atoms with Crippen molar-refractivity contribution in [3.05, 3.63) is 0 Å². The molecule has 14 N–H and O–H groups in total. The summed E-state index contributed by atoms with van der Waals surface area (Å²) in [5.41, 5.74) is 5.26. The summed E-state index contributed by atoms with van der Waals surface area (Å²) in [6.07, 6.45) is -3.26. The Morgan fingerprint density at radius 2 is 0.934 bits per heavy atom. The van der Waals surface area contributed by atoms with Gasteiger partial charge in [0.2, 0.25) is 41.4 Å². The van der Waals surface area contributed by atoms with Gasteiger partial charge >= 0.3 is 23.9 Å². The standard InChI is InChI=1S/C36H60N8O16S/c1-16(2)13-22(33(56)39-21(11-12-61-6)31(54)42-23(36(59)60)14-27(51)52)41-34(57)28(17(3)4)44-32(55)20(8-10-26(49)50)38-30(53)19(7-9-25(47)48)40-35(58)29(18(5)45)43-24(46)15-37/h16-23,28-29,45H,7-15,37H2,1-6H3,(H,38,53)(H,39,56)(H,40,58)(H,41,57)(H,42,54)(H,43,46)(H,44,55)(H,47,48)(H,49,50)(H,51,52)(H,59,60)/t18-,19+,20+,21+,22+,23+,28+,29+/m1/s1. The molecule has 0 radical (unpaired) electrons. The molecule has 0 bridgehead atoms. The van der Waals surface area contributed by atoms with Gasteiger partial charge in [-0.3, -0.25) is 47.9 Å². The highest BCUT2D eigenvalue weighted by molar-refractivity contribution is 7.98. The fourth-order valence-electron chi connectivity index (χ4n) is 5.42. The lowest BCUT2D eigenvalue weighted by molar-refractivity contribution is -0.147. The number of nitrogens with one attached hydrogen (secondary N) is 7. The van der Waals surface area contributed by atoms with E-state index in [4.69, 9.17) is 10.8 Å². The second kappa shape index (κ2) is 28.1. The average molecular weight is 893 g/mol. The average Bonchev–Trinajstić information content (AvgIpc) is 3.15. The molecule has 0 aliphatic heterocycles. The van der Waals surface area contributed by atoms with Crippen molar-refractivity contribution < 1.29 is 78.3 Å². The molecule has 346 valence electrons. The van der Waals surface area contributed by atoms with Crippen LogP contribution in [0.25, 0.3) is 0 Å². The number of nitrogens with two attached hydrogens (primary N) is 1. The summed E-state index contributed by atoms with van der Waals surface area (Å²) < 4.78 is 0. The van der Waals surface area contributed by atoms with Crippen LogP contribution < -0.4 is 43.0 Å². The van der Waals surface area contributed by atoms with Gasteiger partial charge in [-0.25, -0.2) is 4.79 Å². The topological polar surface area (TPSA) is 399 Å². The maximum Gasteiger partial charge on any atom is 0.326 e. The first-order chi connectivity index (χ1) is 28.3. The predicted molar refractivity (Wildman–Crippen MR) is 215 cm³/mol. The molecule has 0 heterocycles. The van der Waals surface area contributed by atoms with E-state index in [0.717, 1.165) is 6.92 Å². The Bertz CT molecular complexity index is 1580. The number of carboxylic acid groups (broad SMARTS) is 4. The van der Waals surface area contributed by atoms with Gasteiger partial charge in [-0.05, 0) is 56.5 Å². The molecule has 7 amide bonds. The zero-order chi connectivity index (χ0) is 47.1. The van der Waals surface area contributed by atoms with Crippen LogP contribution in [0.3, 0.4) is 0 Å². The lowest BCUT2D eigenvalue weighted by Gasteiger charge is -2.29. The largest absolute Gasteiger partial charge is 0.481 e. The quantitative estimate of drug-likeness (QED) is 0.0332. The molecule has 0 aromatic rings. The molecular weight excluding hydrogens is 833 g/mol. The molecule has 0 saturated heterocycles. The van der Waals surface area contributed by atoms with E-state index < -0.39 is 158 Å². The van der Waals surface area contributed by atoms with Crippen molar-refractivity contribution in [1.82, 2.24) is 37.2 Å². The van der Waals surface area contributed by atoms with Gasteiger partial charge in [0.25, 0.3) is 0 Å². The molecule has 0 aromatic heterocycles. The summed E-state index contributed by atoms with van der Waals surface area (Å²) in [6.45, 7) is 7.06. The molecule has 24 nitrogen and oxygen atoms in total. The molecule has 25 heteroatoms. The van der Waals surface area contributed by atoms with Gasteiger partial charge in [0.1, 0.15) is 42.3 Å². The Morgan fingerprint density at radius 3 is 1.33 bits per heavy atom. The van der Waals surface area contributed by atoms with Gasteiger partial charge in [0.15, 0.2) is 0 Å². The summed E-state index contributed by atoms with van der Waals surface area (Å²) in [4.78, 5) is 138. The second-order valence-electron chi connectivity index (χ2n) is 14.7. The third-order valence-electron chi connectivity index (χ3n) is 8.65. The molecule has 0 aromatic carbocycles. The summed E-state index contributed by atoms with van der Waals surface area (Å²) in [7, 11) is 0. The van der Waals surface area contributed by atoms with E-state index in [1.54, 1.807) is 20.1 Å².